The Labute approximate surface area is 111 Å². The second-order valence-corrected chi connectivity index (χ2v) is 4.22. The van der Waals surface area contributed by atoms with E-state index in [1.165, 1.54) is 0 Å². The van der Waals surface area contributed by atoms with Gasteiger partial charge in [0.05, 0.1) is 18.6 Å². The van der Waals surface area contributed by atoms with Crippen LogP contribution in [0.15, 0.2) is 48.5 Å². The predicted molar refractivity (Wildman–Crippen MR) is 71.6 cm³/mol. The first-order valence-corrected chi connectivity index (χ1v) is 5.75. The lowest BCUT2D eigenvalue weighted by atomic mass is 9.91. The summed E-state index contributed by atoms with van der Waals surface area (Å²) in [5.74, 6) is -0.464. The van der Waals surface area contributed by atoms with Gasteiger partial charge >= 0.3 is 0 Å². The Morgan fingerprint density at radius 1 is 1.17 bits per heavy atom. The summed E-state index contributed by atoms with van der Waals surface area (Å²) >= 11 is 5.95. The Kier molecular flexibility index (Phi) is 3.63. The summed E-state index contributed by atoms with van der Waals surface area (Å²) in [5.41, 5.74) is 1.99. The highest BCUT2D eigenvalue weighted by atomic mass is 35.5. The molecular formula is C15H9ClN2. The minimum absolute atomic E-state index is 0.464. The number of hydrogen-bond acceptors (Lipinski definition) is 1. The molecule has 0 saturated carbocycles. The summed E-state index contributed by atoms with van der Waals surface area (Å²) in [4.78, 5) is 3.45. The molecule has 18 heavy (non-hydrogen) atoms. The van der Waals surface area contributed by atoms with Gasteiger partial charge in [0.1, 0.15) is 0 Å². The maximum atomic E-state index is 9.35. The summed E-state index contributed by atoms with van der Waals surface area (Å²) in [6.45, 7) is 7.16. The lowest BCUT2D eigenvalue weighted by Gasteiger charge is -2.12. The van der Waals surface area contributed by atoms with E-state index >= 15 is 0 Å². The molecule has 2 aromatic carbocycles. The average molecular weight is 253 g/mol. The molecule has 3 heteroatoms. The molecule has 2 nitrogen and oxygen atoms in total. The van der Waals surface area contributed by atoms with Gasteiger partial charge in [-0.3, -0.25) is 0 Å². The van der Waals surface area contributed by atoms with E-state index in [2.05, 4.69) is 10.9 Å². The topological polar surface area (TPSA) is 28.1 Å². The molecule has 0 spiro atoms. The van der Waals surface area contributed by atoms with Crippen LogP contribution in [0.25, 0.3) is 4.85 Å². The molecule has 0 heterocycles. The first kappa shape index (κ1) is 12.2. The molecule has 0 radical (unpaired) electrons. The van der Waals surface area contributed by atoms with Crippen molar-refractivity contribution in [2.45, 2.75) is 5.92 Å². The van der Waals surface area contributed by atoms with Crippen LogP contribution in [-0.2, 0) is 0 Å². The third kappa shape index (κ3) is 2.35. The zero-order valence-electron chi connectivity index (χ0n) is 9.47. The van der Waals surface area contributed by atoms with E-state index < -0.39 is 5.92 Å². The zero-order chi connectivity index (χ0) is 13.0. The number of hydrogen-bond donors (Lipinski definition) is 0. The number of nitrogens with zero attached hydrogens (tertiary/aromatic N) is 2. The molecular weight excluding hydrogens is 244 g/mol. The van der Waals surface area contributed by atoms with Gasteiger partial charge in [-0.05, 0) is 17.2 Å². The normalized spacial score (nSPS) is 11.3. The fourth-order valence-corrected chi connectivity index (χ4v) is 2.01. The molecule has 1 unspecified atom stereocenters. The second-order valence-electron chi connectivity index (χ2n) is 3.79. The Morgan fingerprint density at radius 3 is 2.50 bits per heavy atom. The van der Waals surface area contributed by atoms with Gasteiger partial charge in [0.25, 0.3) is 0 Å². The molecule has 2 rings (SSSR count). The van der Waals surface area contributed by atoms with Crippen LogP contribution in [0.5, 0.6) is 0 Å². The van der Waals surface area contributed by atoms with Gasteiger partial charge in [-0.15, -0.1) is 0 Å². The Balaban J connectivity index is 2.57. The van der Waals surface area contributed by atoms with Crippen LogP contribution in [0.3, 0.4) is 0 Å². The van der Waals surface area contributed by atoms with Crippen LogP contribution in [0.1, 0.15) is 17.0 Å². The summed E-state index contributed by atoms with van der Waals surface area (Å²) < 4.78 is 0. The average Bonchev–Trinajstić information content (AvgIpc) is 2.41. The van der Waals surface area contributed by atoms with E-state index in [1.54, 1.807) is 18.2 Å². The van der Waals surface area contributed by atoms with Crippen LogP contribution >= 0.6 is 11.6 Å². The summed E-state index contributed by atoms with van der Waals surface area (Å²) in [6, 6.07) is 16.6. The molecule has 1 atom stereocenters. The number of rotatable bonds is 2. The number of nitriles is 1. The van der Waals surface area contributed by atoms with Gasteiger partial charge in [-0.2, -0.15) is 5.26 Å². The molecule has 0 fully saturated rings. The van der Waals surface area contributed by atoms with Crippen LogP contribution in [0.4, 0.5) is 5.69 Å². The lowest BCUT2D eigenvalue weighted by molar-refractivity contribution is 1.04. The van der Waals surface area contributed by atoms with Crippen LogP contribution in [0.2, 0.25) is 5.02 Å². The maximum absolute atomic E-state index is 9.35. The van der Waals surface area contributed by atoms with Crippen LogP contribution in [-0.4, -0.2) is 0 Å². The van der Waals surface area contributed by atoms with Crippen molar-refractivity contribution in [2.75, 3.05) is 0 Å². The molecule has 0 aliphatic rings. The first-order chi connectivity index (χ1) is 8.76. The van der Waals surface area contributed by atoms with Crippen molar-refractivity contribution < 1.29 is 0 Å². The highest BCUT2D eigenvalue weighted by Gasteiger charge is 2.17. The first-order valence-electron chi connectivity index (χ1n) is 5.37. The summed E-state index contributed by atoms with van der Waals surface area (Å²) in [7, 11) is 0. The second kappa shape index (κ2) is 5.36. The molecule has 0 aliphatic carbocycles. The van der Waals surface area contributed by atoms with Crippen LogP contribution < -0.4 is 0 Å². The fraction of sp³-hybridized carbons (Fsp3) is 0.0667. The quantitative estimate of drug-likeness (QED) is 0.721. The Bertz CT molecular complexity index is 636. The SMILES string of the molecule is [C-]#[N+]c1ccc(Cl)cc1C(C#N)c1ccccc1. The van der Waals surface area contributed by atoms with E-state index in [9.17, 15) is 5.26 Å². The third-order valence-electron chi connectivity index (χ3n) is 2.68. The third-order valence-corrected chi connectivity index (χ3v) is 2.92. The van der Waals surface area contributed by atoms with Crippen molar-refractivity contribution >= 4 is 17.3 Å². The van der Waals surface area contributed by atoms with E-state index in [1.807, 2.05) is 30.3 Å². The highest BCUT2D eigenvalue weighted by Crippen LogP contribution is 2.33. The minimum atomic E-state index is -0.464. The maximum Gasteiger partial charge on any atom is 0.192 e. The monoisotopic (exact) mass is 252 g/mol. The molecule has 0 amide bonds. The van der Waals surface area contributed by atoms with Gasteiger partial charge < -0.3 is 0 Å². The van der Waals surface area contributed by atoms with Gasteiger partial charge in [0.15, 0.2) is 5.69 Å². The van der Waals surface area contributed by atoms with Gasteiger partial charge in [-0.1, -0.05) is 54.1 Å². The number of benzene rings is 2. The molecule has 0 bridgehead atoms. The summed E-state index contributed by atoms with van der Waals surface area (Å²) in [6.07, 6.45) is 0. The van der Waals surface area contributed by atoms with Crippen molar-refractivity contribution in [3.05, 3.63) is 76.1 Å². The molecule has 2 aromatic rings. The van der Waals surface area contributed by atoms with E-state index in [-0.39, 0.29) is 0 Å². The molecule has 0 aromatic heterocycles. The summed E-state index contributed by atoms with van der Waals surface area (Å²) in [5, 5.41) is 9.88. The number of halogens is 1. The van der Waals surface area contributed by atoms with Gasteiger partial charge in [0.2, 0.25) is 0 Å². The van der Waals surface area contributed by atoms with Crippen molar-refractivity contribution in [2.24, 2.45) is 0 Å². The van der Waals surface area contributed by atoms with Crippen molar-refractivity contribution in [1.29, 1.82) is 5.26 Å². The Morgan fingerprint density at radius 2 is 1.89 bits per heavy atom. The minimum Gasteiger partial charge on any atom is -0.238 e. The van der Waals surface area contributed by atoms with E-state index in [0.717, 1.165) is 5.56 Å². The van der Waals surface area contributed by atoms with E-state index in [0.29, 0.717) is 16.3 Å². The van der Waals surface area contributed by atoms with Gasteiger partial charge in [-0.25, -0.2) is 4.85 Å². The fourth-order valence-electron chi connectivity index (χ4n) is 1.83. The highest BCUT2D eigenvalue weighted by molar-refractivity contribution is 6.30. The largest absolute Gasteiger partial charge is 0.238 e. The smallest absolute Gasteiger partial charge is 0.192 e. The molecule has 86 valence electrons. The lowest BCUT2D eigenvalue weighted by Crippen LogP contribution is -1.98. The van der Waals surface area contributed by atoms with Crippen molar-refractivity contribution in [1.82, 2.24) is 0 Å². The molecule has 0 N–H and O–H groups in total. The Hall–Kier alpha value is -2.29. The van der Waals surface area contributed by atoms with Crippen LogP contribution in [0, 0.1) is 17.9 Å². The van der Waals surface area contributed by atoms with Gasteiger partial charge in [0, 0.05) is 5.02 Å². The standard InChI is InChI=1S/C15H9ClN2/c1-18-15-8-7-12(16)9-13(15)14(10-17)11-5-3-2-4-6-11/h2-9,14H. The molecule has 0 saturated heterocycles. The van der Waals surface area contributed by atoms with E-state index in [4.69, 9.17) is 18.2 Å². The predicted octanol–water partition coefficient (Wildman–Crippen LogP) is 4.55. The van der Waals surface area contributed by atoms with Crippen molar-refractivity contribution in [3.8, 4) is 6.07 Å². The zero-order valence-corrected chi connectivity index (χ0v) is 10.2. The molecule has 0 aliphatic heterocycles. The van der Waals surface area contributed by atoms with Crippen molar-refractivity contribution in [3.63, 3.8) is 0 Å².